The Morgan fingerprint density at radius 1 is 1.53 bits per heavy atom. The van der Waals surface area contributed by atoms with Crippen LogP contribution in [0.4, 0.5) is 8.78 Å². The molecule has 0 amide bonds. The van der Waals surface area contributed by atoms with Crippen LogP contribution in [0.15, 0.2) is 11.1 Å². The van der Waals surface area contributed by atoms with E-state index >= 15 is 0 Å². The minimum Gasteiger partial charge on any atom is -0.481 e. The van der Waals surface area contributed by atoms with Gasteiger partial charge in [-0.3, -0.25) is 4.79 Å². The van der Waals surface area contributed by atoms with E-state index in [0.29, 0.717) is 0 Å². The van der Waals surface area contributed by atoms with Crippen molar-refractivity contribution in [2.45, 2.75) is 19.2 Å². The van der Waals surface area contributed by atoms with Crippen molar-refractivity contribution in [1.82, 2.24) is 0 Å². The molecule has 0 aromatic rings. The molecular formula is C9H10Cl2F2O2. The lowest BCUT2D eigenvalue weighted by molar-refractivity contribution is -0.139. The third-order valence-corrected chi connectivity index (χ3v) is 3.44. The average Bonchev–Trinajstić information content (AvgIpc) is 2.50. The smallest absolute Gasteiger partial charge is 0.358 e. The SMILES string of the molecule is CC1(C)C(C=C(Cl)C(F)(F)Cl)C1C(=O)O. The van der Waals surface area contributed by atoms with Gasteiger partial charge in [0.2, 0.25) is 0 Å². The molecular weight excluding hydrogens is 249 g/mol. The van der Waals surface area contributed by atoms with E-state index in [-0.39, 0.29) is 0 Å². The fourth-order valence-corrected chi connectivity index (χ4v) is 1.91. The fraction of sp³-hybridized carbons (Fsp3) is 0.667. The molecule has 1 saturated carbocycles. The highest BCUT2D eigenvalue weighted by Gasteiger charge is 2.61. The number of hydrogen-bond donors (Lipinski definition) is 1. The first kappa shape index (κ1) is 12.7. The second kappa shape index (κ2) is 3.59. The van der Waals surface area contributed by atoms with Crippen molar-refractivity contribution in [3.8, 4) is 0 Å². The highest BCUT2D eigenvalue weighted by molar-refractivity contribution is 6.38. The van der Waals surface area contributed by atoms with E-state index in [1.807, 2.05) is 0 Å². The molecule has 2 atom stereocenters. The van der Waals surface area contributed by atoms with Gasteiger partial charge < -0.3 is 5.11 Å². The van der Waals surface area contributed by atoms with E-state index in [9.17, 15) is 13.6 Å². The monoisotopic (exact) mass is 258 g/mol. The van der Waals surface area contributed by atoms with E-state index in [4.69, 9.17) is 28.3 Å². The van der Waals surface area contributed by atoms with E-state index in [0.717, 1.165) is 6.08 Å². The normalized spacial score (nSPS) is 30.1. The average molecular weight is 259 g/mol. The first-order valence-corrected chi connectivity index (χ1v) is 5.01. The van der Waals surface area contributed by atoms with Gasteiger partial charge in [-0.2, -0.15) is 8.78 Å². The lowest BCUT2D eigenvalue weighted by Crippen LogP contribution is -2.06. The summed E-state index contributed by atoms with van der Waals surface area (Å²) in [7, 11) is 0. The molecule has 0 spiro atoms. The molecule has 6 heteroatoms. The van der Waals surface area contributed by atoms with E-state index in [2.05, 4.69) is 0 Å². The van der Waals surface area contributed by atoms with Crippen molar-refractivity contribution in [2.75, 3.05) is 0 Å². The van der Waals surface area contributed by atoms with Gasteiger partial charge in [0.1, 0.15) is 0 Å². The topological polar surface area (TPSA) is 37.3 Å². The molecule has 0 bridgehead atoms. The standard InChI is InChI=1S/C9H10Cl2F2O2/c1-8(2)4(6(8)7(14)15)3-5(10)9(11,12)13/h3-4,6H,1-2H3,(H,14,15). The van der Waals surface area contributed by atoms with E-state index in [1.54, 1.807) is 13.8 Å². The molecule has 1 N–H and O–H groups in total. The molecule has 1 aliphatic rings. The Hall–Kier alpha value is -0.350. The van der Waals surface area contributed by atoms with Gasteiger partial charge in [-0.05, 0) is 22.9 Å². The van der Waals surface area contributed by atoms with Gasteiger partial charge >= 0.3 is 11.4 Å². The number of hydrogen-bond acceptors (Lipinski definition) is 1. The Morgan fingerprint density at radius 2 is 2.00 bits per heavy atom. The van der Waals surface area contributed by atoms with Crippen LogP contribution < -0.4 is 0 Å². The number of carbonyl (C=O) groups is 1. The molecule has 0 heterocycles. The maximum absolute atomic E-state index is 12.5. The lowest BCUT2D eigenvalue weighted by atomic mass is 10.1. The summed E-state index contributed by atoms with van der Waals surface area (Å²) in [6.45, 7) is 3.37. The zero-order valence-corrected chi connectivity index (χ0v) is 9.61. The second-order valence-corrected chi connectivity index (χ2v) is 5.06. The van der Waals surface area contributed by atoms with Gasteiger partial charge in [-0.25, -0.2) is 0 Å². The number of carboxylic acids is 1. The summed E-state index contributed by atoms with van der Waals surface area (Å²) < 4.78 is 25.0. The molecule has 0 radical (unpaired) electrons. The van der Waals surface area contributed by atoms with Crippen LogP contribution in [0.3, 0.4) is 0 Å². The highest BCUT2D eigenvalue weighted by Crippen LogP contribution is 2.60. The molecule has 1 fully saturated rings. The minimum atomic E-state index is -3.62. The van der Waals surface area contributed by atoms with Crippen LogP contribution in [-0.4, -0.2) is 16.5 Å². The van der Waals surface area contributed by atoms with Gasteiger partial charge in [-0.15, -0.1) is 0 Å². The predicted molar refractivity (Wildman–Crippen MR) is 53.1 cm³/mol. The number of allylic oxidation sites excluding steroid dienone is 2. The first-order valence-electron chi connectivity index (χ1n) is 4.26. The third kappa shape index (κ3) is 2.42. The highest BCUT2D eigenvalue weighted by atomic mass is 35.5. The van der Waals surface area contributed by atoms with Crippen LogP contribution in [0.5, 0.6) is 0 Å². The fourth-order valence-electron chi connectivity index (χ4n) is 1.71. The van der Waals surface area contributed by atoms with Crippen LogP contribution in [0.1, 0.15) is 13.8 Å². The Morgan fingerprint density at radius 3 is 2.27 bits per heavy atom. The minimum absolute atomic E-state index is 0.493. The summed E-state index contributed by atoms with van der Waals surface area (Å²) in [5.74, 6) is -2.18. The summed E-state index contributed by atoms with van der Waals surface area (Å²) in [5, 5.41) is 4.35. The predicted octanol–water partition coefficient (Wildman–Crippen LogP) is 3.30. The summed E-state index contributed by atoms with van der Waals surface area (Å²) in [6, 6.07) is 0. The molecule has 86 valence electrons. The van der Waals surface area contributed by atoms with Crippen molar-refractivity contribution in [3.63, 3.8) is 0 Å². The first-order chi connectivity index (χ1) is 6.58. The molecule has 2 nitrogen and oxygen atoms in total. The second-order valence-electron chi connectivity index (χ2n) is 4.18. The van der Waals surface area contributed by atoms with Gasteiger partial charge in [0.25, 0.3) is 0 Å². The third-order valence-electron chi connectivity index (χ3n) is 2.77. The zero-order valence-electron chi connectivity index (χ0n) is 8.10. The Kier molecular flexibility index (Phi) is 3.05. The van der Waals surface area contributed by atoms with Crippen molar-refractivity contribution >= 4 is 29.2 Å². The quantitative estimate of drug-likeness (QED) is 0.789. The van der Waals surface area contributed by atoms with E-state index in [1.165, 1.54) is 0 Å². The molecule has 0 aliphatic heterocycles. The van der Waals surface area contributed by atoms with Crippen LogP contribution in [0, 0.1) is 17.3 Å². The van der Waals surface area contributed by atoms with Gasteiger partial charge in [-0.1, -0.05) is 31.5 Å². The van der Waals surface area contributed by atoms with Crippen molar-refractivity contribution in [3.05, 3.63) is 11.1 Å². The molecule has 15 heavy (non-hydrogen) atoms. The molecule has 2 unspecified atom stereocenters. The van der Waals surface area contributed by atoms with Crippen LogP contribution in [-0.2, 0) is 4.79 Å². The number of aliphatic carboxylic acids is 1. The van der Waals surface area contributed by atoms with Crippen LogP contribution >= 0.6 is 23.2 Å². The van der Waals surface area contributed by atoms with Crippen molar-refractivity contribution in [1.29, 1.82) is 0 Å². The number of carboxylic acid groups (broad SMARTS) is 1. The number of halogens is 4. The van der Waals surface area contributed by atoms with Gasteiger partial charge in [0.15, 0.2) is 0 Å². The van der Waals surface area contributed by atoms with Gasteiger partial charge in [0, 0.05) is 0 Å². The molecule has 0 saturated heterocycles. The van der Waals surface area contributed by atoms with Gasteiger partial charge in [0.05, 0.1) is 11.0 Å². The Labute approximate surface area is 95.9 Å². The molecule has 0 aromatic heterocycles. The molecule has 1 rings (SSSR count). The maximum atomic E-state index is 12.5. The molecule has 1 aliphatic carbocycles. The molecule has 0 aromatic carbocycles. The van der Waals surface area contributed by atoms with E-state index < -0.39 is 33.6 Å². The van der Waals surface area contributed by atoms with Crippen LogP contribution in [0.25, 0.3) is 0 Å². The van der Waals surface area contributed by atoms with Crippen LogP contribution in [0.2, 0.25) is 0 Å². The summed E-state index contributed by atoms with van der Waals surface area (Å²) in [5.41, 5.74) is -0.548. The summed E-state index contributed by atoms with van der Waals surface area (Å²) in [6.07, 6.45) is 1.04. The zero-order chi connectivity index (χ0) is 12.0. The lowest BCUT2D eigenvalue weighted by Gasteiger charge is -2.05. The Balaban J connectivity index is 2.83. The summed E-state index contributed by atoms with van der Waals surface area (Å²) >= 11 is 9.97. The van der Waals surface area contributed by atoms with Crippen molar-refractivity contribution < 1.29 is 18.7 Å². The summed E-state index contributed by atoms with van der Waals surface area (Å²) in [4.78, 5) is 10.7. The largest absolute Gasteiger partial charge is 0.481 e. The Bertz CT molecular complexity index is 321. The number of rotatable bonds is 3. The number of alkyl halides is 3. The maximum Gasteiger partial charge on any atom is 0.358 e. The van der Waals surface area contributed by atoms with Crippen molar-refractivity contribution in [2.24, 2.45) is 17.3 Å².